The van der Waals surface area contributed by atoms with Gasteiger partial charge in [0.05, 0.1) is 16.8 Å². The number of hydrogen-bond donors (Lipinski definition) is 3. The first kappa shape index (κ1) is 19.0. The van der Waals surface area contributed by atoms with Gasteiger partial charge in [0.25, 0.3) is 0 Å². The van der Waals surface area contributed by atoms with Gasteiger partial charge in [0.1, 0.15) is 24.0 Å². The van der Waals surface area contributed by atoms with E-state index in [4.69, 9.17) is 10.5 Å². The minimum Gasteiger partial charge on any atom is -0.490 e. The molecule has 0 saturated carbocycles. The van der Waals surface area contributed by atoms with Gasteiger partial charge < -0.3 is 15.8 Å². The molecule has 2 rings (SSSR count). The topological polar surface area (TPSA) is 101 Å². The Balaban J connectivity index is 2.12. The van der Waals surface area contributed by atoms with Crippen molar-refractivity contribution in [3.05, 3.63) is 35.9 Å². The standard InChI is InChI=1S/C17H25N5O2S/c1-5-6-10-14(19-4)20-17(2,3)11-24-13-9-7-8-12-15(13)16(18)22-25(23)21-12/h6-10,21H,5,11H2,1-4H3,(H2,18,22)(H,19,20)/b10-6-. The highest BCUT2D eigenvalue weighted by molar-refractivity contribution is 7.85. The number of fused-ring (bicyclic) bond motifs is 1. The van der Waals surface area contributed by atoms with E-state index >= 15 is 0 Å². The molecule has 0 fully saturated rings. The molecule has 4 N–H and O–H groups in total. The van der Waals surface area contributed by atoms with Crippen molar-refractivity contribution in [2.45, 2.75) is 32.7 Å². The molecule has 0 aliphatic carbocycles. The maximum absolute atomic E-state index is 11.6. The zero-order valence-corrected chi connectivity index (χ0v) is 15.8. The molecule has 0 aromatic heterocycles. The number of amidine groups is 2. The van der Waals surface area contributed by atoms with Crippen LogP contribution in [0.5, 0.6) is 5.75 Å². The van der Waals surface area contributed by atoms with Crippen LogP contribution in [0.4, 0.5) is 5.69 Å². The van der Waals surface area contributed by atoms with Crippen LogP contribution in [0.15, 0.2) is 39.7 Å². The van der Waals surface area contributed by atoms with Gasteiger partial charge in [0, 0.05) is 7.05 Å². The summed E-state index contributed by atoms with van der Waals surface area (Å²) in [5.41, 5.74) is 6.85. The van der Waals surface area contributed by atoms with Crippen LogP contribution in [0.3, 0.4) is 0 Å². The largest absolute Gasteiger partial charge is 0.490 e. The Bertz CT molecular complexity index is 741. The molecule has 1 unspecified atom stereocenters. The van der Waals surface area contributed by atoms with E-state index in [1.54, 1.807) is 13.1 Å². The molecule has 0 spiro atoms. The SMILES string of the molecule is CC/C=C\C(=NC)NC(C)(C)COc1cccc2c1C(N)=NS(=O)N2. The fourth-order valence-corrected chi connectivity index (χ4v) is 2.97. The number of aliphatic imine (C=N–C) groups is 1. The molecule has 0 saturated heterocycles. The summed E-state index contributed by atoms with van der Waals surface area (Å²) < 4.78 is 24.2. The summed E-state index contributed by atoms with van der Waals surface area (Å²) in [7, 11) is 1.75. The number of benzene rings is 1. The van der Waals surface area contributed by atoms with Crippen LogP contribution in [0.2, 0.25) is 0 Å². The van der Waals surface area contributed by atoms with E-state index in [-0.39, 0.29) is 11.4 Å². The molecular formula is C17H25N5O2S. The number of rotatable bonds is 6. The fraction of sp³-hybridized carbons (Fsp3) is 0.412. The number of nitrogens with two attached hydrogens (primary N) is 1. The minimum atomic E-state index is -1.55. The highest BCUT2D eigenvalue weighted by Crippen LogP contribution is 2.30. The van der Waals surface area contributed by atoms with Crippen LogP contribution in [0.1, 0.15) is 32.8 Å². The third kappa shape index (κ3) is 5.06. The number of ether oxygens (including phenoxy) is 1. The highest BCUT2D eigenvalue weighted by Gasteiger charge is 2.23. The lowest BCUT2D eigenvalue weighted by Gasteiger charge is -2.28. The zero-order chi connectivity index (χ0) is 18.4. The summed E-state index contributed by atoms with van der Waals surface area (Å²) in [6.07, 6.45) is 4.94. The number of nitrogens with one attached hydrogen (secondary N) is 2. The van der Waals surface area contributed by atoms with Crippen LogP contribution < -0.4 is 20.5 Å². The fourth-order valence-electron chi connectivity index (χ4n) is 2.30. The number of anilines is 1. The van der Waals surface area contributed by atoms with Crippen LogP contribution >= 0.6 is 0 Å². The maximum Gasteiger partial charge on any atom is 0.245 e. The predicted octanol–water partition coefficient (Wildman–Crippen LogP) is 2.14. The molecule has 1 aromatic rings. The van der Waals surface area contributed by atoms with Gasteiger partial charge in [-0.1, -0.05) is 19.1 Å². The Labute approximate surface area is 151 Å². The quantitative estimate of drug-likeness (QED) is 0.532. The van der Waals surface area contributed by atoms with E-state index in [9.17, 15) is 4.21 Å². The monoisotopic (exact) mass is 363 g/mol. The predicted molar refractivity (Wildman–Crippen MR) is 104 cm³/mol. The molecule has 1 aliphatic heterocycles. The molecule has 1 heterocycles. The lowest BCUT2D eigenvalue weighted by atomic mass is 10.1. The van der Waals surface area contributed by atoms with Gasteiger partial charge in [-0.2, -0.15) is 4.40 Å². The summed E-state index contributed by atoms with van der Waals surface area (Å²) >= 11 is -1.55. The summed E-state index contributed by atoms with van der Waals surface area (Å²) in [6, 6.07) is 5.43. The van der Waals surface area contributed by atoms with Crippen LogP contribution in [0.25, 0.3) is 0 Å². The van der Waals surface area contributed by atoms with Crippen LogP contribution in [0, 0.1) is 0 Å². The molecule has 1 atom stereocenters. The van der Waals surface area contributed by atoms with Crippen molar-refractivity contribution >= 4 is 28.5 Å². The number of hydrogen-bond acceptors (Lipinski definition) is 4. The van der Waals surface area contributed by atoms with Gasteiger partial charge in [0.15, 0.2) is 0 Å². The summed E-state index contributed by atoms with van der Waals surface area (Å²) in [6.45, 7) is 6.51. The maximum atomic E-state index is 11.6. The molecule has 0 amide bonds. The number of allylic oxidation sites excluding steroid dienone is 1. The third-order valence-corrected chi connectivity index (χ3v) is 4.23. The smallest absolute Gasteiger partial charge is 0.245 e. The van der Waals surface area contributed by atoms with Gasteiger partial charge in [0.2, 0.25) is 11.2 Å². The molecular weight excluding hydrogens is 338 g/mol. The second-order valence-electron chi connectivity index (χ2n) is 6.22. The third-order valence-electron chi connectivity index (χ3n) is 3.47. The Hall–Kier alpha value is -2.35. The van der Waals surface area contributed by atoms with Crippen molar-refractivity contribution < 1.29 is 8.95 Å². The molecule has 7 nitrogen and oxygen atoms in total. The first-order valence-electron chi connectivity index (χ1n) is 8.06. The van der Waals surface area contributed by atoms with Gasteiger partial charge in [-0.3, -0.25) is 9.71 Å². The lowest BCUT2D eigenvalue weighted by molar-refractivity contribution is 0.227. The van der Waals surface area contributed by atoms with E-state index in [2.05, 4.69) is 26.4 Å². The minimum absolute atomic E-state index is 0.204. The second kappa shape index (κ2) is 8.15. The molecule has 25 heavy (non-hydrogen) atoms. The number of nitrogens with zero attached hydrogens (tertiary/aromatic N) is 2. The van der Waals surface area contributed by atoms with E-state index in [1.165, 1.54) is 0 Å². The normalized spacial score (nSPS) is 17.7. The Kier molecular flexibility index (Phi) is 6.19. The molecule has 0 radical (unpaired) electrons. The average molecular weight is 363 g/mol. The highest BCUT2D eigenvalue weighted by atomic mass is 32.2. The lowest BCUT2D eigenvalue weighted by Crippen LogP contribution is -2.47. The molecule has 1 aliphatic rings. The van der Waals surface area contributed by atoms with E-state index < -0.39 is 11.2 Å². The molecule has 0 bridgehead atoms. The van der Waals surface area contributed by atoms with Gasteiger partial charge >= 0.3 is 0 Å². The van der Waals surface area contributed by atoms with Gasteiger partial charge in [-0.15, -0.1) is 0 Å². The van der Waals surface area contributed by atoms with Crippen molar-refractivity contribution in [1.82, 2.24) is 5.32 Å². The van der Waals surface area contributed by atoms with Crippen molar-refractivity contribution in [3.8, 4) is 5.75 Å². The first-order chi connectivity index (χ1) is 11.9. The summed E-state index contributed by atoms with van der Waals surface area (Å²) in [5.74, 6) is 1.59. The van der Waals surface area contributed by atoms with Crippen molar-refractivity contribution in [1.29, 1.82) is 0 Å². The molecule has 1 aromatic carbocycles. The van der Waals surface area contributed by atoms with Gasteiger partial charge in [-0.25, -0.2) is 4.21 Å². The van der Waals surface area contributed by atoms with E-state index in [1.807, 2.05) is 38.1 Å². The molecule has 8 heteroatoms. The van der Waals surface area contributed by atoms with Crippen molar-refractivity contribution in [2.24, 2.45) is 15.1 Å². The van der Waals surface area contributed by atoms with Crippen molar-refractivity contribution in [2.75, 3.05) is 18.4 Å². The van der Waals surface area contributed by atoms with Crippen molar-refractivity contribution in [3.63, 3.8) is 0 Å². The average Bonchev–Trinajstić information content (AvgIpc) is 2.56. The summed E-state index contributed by atoms with van der Waals surface area (Å²) in [5, 5.41) is 3.36. The Morgan fingerprint density at radius 2 is 2.28 bits per heavy atom. The Morgan fingerprint density at radius 3 is 2.96 bits per heavy atom. The summed E-state index contributed by atoms with van der Waals surface area (Å²) in [4.78, 5) is 4.24. The first-order valence-corrected chi connectivity index (χ1v) is 9.17. The van der Waals surface area contributed by atoms with E-state index in [0.29, 0.717) is 23.6 Å². The molecule has 136 valence electrons. The van der Waals surface area contributed by atoms with E-state index in [0.717, 1.165) is 12.3 Å². The second-order valence-corrected chi connectivity index (χ2v) is 7.11. The van der Waals surface area contributed by atoms with Crippen LogP contribution in [-0.4, -0.2) is 35.1 Å². The zero-order valence-electron chi connectivity index (χ0n) is 15.0. The Morgan fingerprint density at radius 1 is 1.52 bits per heavy atom. The van der Waals surface area contributed by atoms with Crippen LogP contribution in [-0.2, 0) is 11.2 Å². The van der Waals surface area contributed by atoms with Gasteiger partial charge in [-0.05, 0) is 38.5 Å².